The van der Waals surface area contributed by atoms with Crippen LogP contribution in [0.25, 0.3) is 11.8 Å². The molecule has 0 amide bonds. The summed E-state index contributed by atoms with van der Waals surface area (Å²) < 4.78 is 1.36. The second-order valence-corrected chi connectivity index (χ2v) is 4.41. The van der Waals surface area contributed by atoms with Gasteiger partial charge in [0.2, 0.25) is 0 Å². The maximum Gasteiger partial charge on any atom is 0.347 e. The Hall–Kier alpha value is -2.47. The van der Waals surface area contributed by atoms with Crippen LogP contribution in [0.15, 0.2) is 36.5 Å². The average molecular weight is 273 g/mol. The van der Waals surface area contributed by atoms with E-state index in [-0.39, 0.29) is 5.82 Å². The fourth-order valence-corrected chi connectivity index (χ4v) is 1.97. The smallest absolute Gasteiger partial charge is 0.347 e. The standard InChI is InChI=1S/C14H15N3O3/c1-10(18)13(8-12-6-4-3-5-7-12)16-11(2)15-9-14(16)17(19)20/h3-10,18H,1-2H3/b13-8+. The van der Waals surface area contributed by atoms with Crippen LogP contribution in [0.5, 0.6) is 0 Å². The molecule has 6 nitrogen and oxygen atoms in total. The number of hydrogen-bond acceptors (Lipinski definition) is 4. The van der Waals surface area contributed by atoms with E-state index in [1.807, 2.05) is 30.3 Å². The number of aliphatic hydroxyl groups excluding tert-OH is 1. The summed E-state index contributed by atoms with van der Waals surface area (Å²) in [6.45, 7) is 3.23. The zero-order chi connectivity index (χ0) is 14.7. The van der Waals surface area contributed by atoms with Crippen molar-refractivity contribution in [2.24, 2.45) is 0 Å². The SMILES string of the molecule is Cc1ncc([N+](=O)[O-])n1/C(=C/c1ccccc1)C(C)O. The summed E-state index contributed by atoms with van der Waals surface area (Å²) in [6.07, 6.45) is 2.05. The third kappa shape index (κ3) is 2.75. The molecular weight excluding hydrogens is 258 g/mol. The van der Waals surface area contributed by atoms with Gasteiger partial charge in [-0.05, 0) is 23.5 Å². The molecule has 0 saturated carbocycles. The topological polar surface area (TPSA) is 81.2 Å². The Bertz CT molecular complexity index is 645. The van der Waals surface area contributed by atoms with E-state index in [0.717, 1.165) is 5.56 Å². The Balaban J connectivity index is 2.58. The number of hydrogen-bond donors (Lipinski definition) is 1. The minimum atomic E-state index is -0.859. The minimum absolute atomic E-state index is 0.161. The Kier molecular flexibility index (Phi) is 3.95. The lowest BCUT2D eigenvalue weighted by atomic mass is 10.1. The van der Waals surface area contributed by atoms with Crippen LogP contribution in [0, 0.1) is 17.0 Å². The van der Waals surface area contributed by atoms with E-state index in [4.69, 9.17) is 0 Å². The molecular formula is C14H15N3O3. The number of aliphatic hydroxyl groups is 1. The van der Waals surface area contributed by atoms with Crippen molar-refractivity contribution >= 4 is 17.6 Å². The fraction of sp³-hybridized carbons (Fsp3) is 0.214. The molecule has 2 aromatic rings. The van der Waals surface area contributed by atoms with E-state index in [9.17, 15) is 15.2 Å². The van der Waals surface area contributed by atoms with Crippen LogP contribution >= 0.6 is 0 Å². The number of nitro groups is 1. The monoisotopic (exact) mass is 273 g/mol. The highest BCUT2D eigenvalue weighted by molar-refractivity contribution is 5.74. The van der Waals surface area contributed by atoms with Crippen LogP contribution in [0.2, 0.25) is 0 Å². The molecule has 0 aliphatic carbocycles. The first-order valence-corrected chi connectivity index (χ1v) is 6.14. The van der Waals surface area contributed by atoms with E-state index in [2.05, 4.69) is 4.98 Å². The summed E-state index contributed by atoms with van der Waals surface area (Å²) in [6, 6.07) is 9.33. The lowest BCUT2D eigenvalue weighted by Crippen LogP contribution is -2.14. The Morgan fingerprint density at radius 2 is 2.10 bits per heavy atom. The molecule has 0 bridgehead atoms. The van der Waals surface area contributed by atoms with E-state index < -0.39 is 11.0 Å². The molecule has 0 spiro atoms. The summed E-state index contributed by atoms with van der Waals surface area (Å²) in [4.78, 5) is 14.5. The molecule has 104 valence electrons. The van der Waals surface area contributed by atoms with Crippen LogP contribution in [-0.4, -0.2) is 25.7 Å². The van der Waals surface area contributed by atoms with Crippen LogP contribution in [0.4, 0.5) is 5.82 Å². The van der Waals surface area contributed by atoms with Crippen molar-refractivity contribution in [1.82, 2.24) is 9.55 Å². The van der Waals surface area contributed by atoms with Gasteiger partial charge in [0.25, 0.3) is 0 Å². The maximum atomic E-state index is 11.1. The van der Waals surface area contributed by atoms with Crippen molar-refractivity contribution in [3.63, 3.8) is 0 Å². The highest BCUT2D eigenvalue weighted by atomic mass is 16.6. The molecule has 1 aromatic carbocycles. The van der Waals surface area contributed by atoms with Crippen LogP contribution in [-0.2, 0) is 0 Å². The molecule has 0 aliphatic heterocycles. The number of benzene rings is 1. The van der Waals surface area contributed by atoms with Gasteiger partial charge in [0.15, 0.2) is 5.82 Å². The number of nitrogens with zero attached hydrogens (tertiary/aromatic N) is 3. The molecule has 0 saturated heterocycles. The van der Waals surface area contributed by atoms with Gasteiger partial charge < -0.3 is 15.2 Å². The van der Waals surface area contributed by atoms with Crippen molar-refractivity contribution in [2.75, 3.05) is 0 Å². The summed E-state index contributed by atoms with van der Waals surface area (Å²) >= 11 is 0. The maximum absolute atomic E-state index is 11.1. The quantitative estimate of drug-likeness (QED) is 0.685. The van der Waals surface area contributed by atoms with Gasteiger partial charge >= 0.3 is 5.82 Å². The fourth-order valence-electron chi connectivity index (χ4n) is 1.97. The van der Waals surface area contributed by atoms with Gasteiger partial charge in [0, 0.05) is 6.92 Å². The highest BCUT2D eigenvalue weighted by Gasteiger charge is 2.24. The lowest BCUT2D eigenvalue weighted by molar-refractivity contribution is -0.391. The van der Waals surface area contributed by atoms with Gasteiger partial charge in [-0.1, -0.05) is 30.3 Å². The summed E-state index contributed by atoms with van der Waals surface area (Å²) in [7, 11) is 0. The lowest BCUT2D eigenvalue weighted by Gasteiger charge is -2.10. The molecule has 20 heavy (non-hydrogen) atoms. The van der Waals surface area contributed by atoms with Gasteiger partial charge in [0.05, 0.1) is 0 Å². The molecule has 0 aliphatic rings. The van der Waals surface area contributed by atoms with Crippen LogP contribution < -0.4 is 0 Å². The van der Waals surface area contributed by atoms with Crippen LogP contribution in [0.3, 0.4) is 0 Å². The molecule has 1 aromatic heterocycles. The largest absolute Gasteiger partial charge is 0.385 e. The number of aryl methyl sites for hydroxylation is 1. The Morgan fingerprint density at radius 3 is 2.65 bits per heavy atom. The summed E-state index contributed by atoms with van der Waals surface area (Å²) in [5.41, 5.74) is 1.27. The van der Waals surface area contributed by atoms with E-state index in [1.165, 1.54) is 10.8 Å². The van der Waals surface area contributed by atoms with Gasteiger partial charge in [-0.25, -0.2) is 4.98 Å². The third-order valence-electron chi connectivity index (χ3n) is 2.91. The second kappa shape index (κ2) is 5.66. The molecule has 0 radical (unpaired) electrons. The molecule has 0 fully saturated rings. The zero-order valence-corrected chi connectivity index (χ0v) is 11.2. The highest BCUT2D eigenvalue weighted by Crippen LogP contribution is 2.24. The van der Waals surface area contributed by atoms with Gasteiger partial charge in [-0.3, -0.25) is 0 Å². The predicted octanol–water partition coefficient (Wildman–Crippen LogP) is 2.48. The summed E-state index contributed by atoms with van der Waals surface area (Å²) in [5, 5.41) is 21.0. The molecule has 1 N–H and O–H groups in total. The summed E-state index contributed by atoms with van der Waals surface area (Å²) in [5.74, 6) is 0.297. The van der Waals surface area contributed by atoms with Crippen molar-refractivity contribution in [1.29, 1.82) is 0 Å². The predicted molar refractivity (Wildman–Crippen MR) is 75.9 cm³/mol. The van der Waals surface area contributed by atoms with Crippen molar-refractivity contribution in [3.05, 3.63) is 58.0 Å². The van der Waals surface area contributed by atoms with E-state index >= 15 is 0 Å². The minimum Gasteiger partial charge on any atom is -0.385 e. The first-order valence-electron chi connectivity index (χ1n) is 6.14. The van der Waals surface area contributed by atoms with Crippen molar-refractivity contribution < 1.29 is 10.0 Å². The van der Waals surface area contributed by atoms with Crippen molar-refractivity contribution in [3.8, 4) is 0 Å². The van der Waals surface area contributed by atoms with E-state index in [1.54, 1.807) is 19.9 Å². The first-order chi connectivity index (χ1) is 9.50. The first kappa shape index (κ1) is 14.0. The van der Waals surface area contributed by atoms with Crippen molar-refractivity contribution in [2.45, 2.75) is 20.0 Å². The van der Waals surface area contributed by atoms with Gasteiger partial charge in [-0.2, -0.15) is 4.57 Å². The Morgan fingerprint density at radius 1 is 1.45 bits per heavy atom. The molecule has 1 heterocycles. The zero-order valence-electron chi connectivity index (χ0n) is 11.2. The second-order valence-electron chi connectivity index (χ2n) is 4.41. The number of imidazole rings is 1. The third-order valence-corrected chi connectivity index (χ3v) is 2.91. The number of rotatable bonds is 4. The van der Waals surface area contributed by atoms with E-state index in [0.29, 0.717) is 11.5 Å². The Labute approximate surface area is 116 Å². The molecule has 1 unspecified atom stereocenters. The van der Waals surface area contributed by atoms with Crippen LogP contribution in [0.1, 0.15) is 18.3 Å². The molecule has 2 rings (SSSR count). The molecule has 6 heteroatoms. The van der Waals surface area contributed by atoms with Gasteiger partial charge in [-0.15, -0.1) is 0 Å². The molecule has 1 atom stereocenters. The number of aromatic nitrogens is 2. The van der Waals surface area contributed by atoms with Gasteiger partial charge in [0.1, 0.15) is 18.0 Å². The normalized spacial score (nSPS) is 13.2. The average Bonchev–Trinajstić information content (AvgIpc) is 2.79.